The molecule has 2 aromatic carbocycles. The van der Waals surface area contributed by atoms with Crippen molar-refractivity contribution in [3.05, 3.63) is 95.6 Å². The van der Waals surface area contributed by atoms with Gasteiger partial charge in [0, 0.05) is 29.2 Å². The Hall–Kier alpha value is -3.07. The second kappa shape index (κ2) is 9.23. The van der Waals surface area contributed by atoms with Crippen LogP contribution in [0.4, 0.5) is 4.39 Å². The van der Waals surface area contributed by atoms with E-state index in [-0.39, 0.29) is 5.82 Å². The number of hydrogen-bond donors (Lipinski definition) is 0. The van der Waals surface area contributed by atoms with E-state index in [4.69, 9.17) is 4.99 Å². The van der Waals surface area contributed by atoms with Gasteiger partial charge in [0.05, 0.1) is 5.70 Å². The predicted molar refractivity (Wildman–Crippen MR) is 116 cm³/mol. The Morgan fingerprint density at radius 2 is 1.93 bits per heavy atom. The van der Waals surface area contributed by atoms with Crippen molar-refractivity contribution in [2.75, 3.05) is 0 Å². The lowest BCUT2D eigenvalue weighted by Crippen LogP contribution is -2.00. The molecule has 0 unspecified atom stereocenters. The lowest BCUT2D eigenvalue weighted by molar-refractivity contribution is 0.631. The maximum Gasteiger partial charge on any atom is 0.131 e. The van der Waals surface area contributed by atoms with Crippen molar-refractivity contribution >= 4 is 11.4 Å². The predicted octanol–water partition coefficient (Wildman–Crippen LogP) is 6.85. The van der Waals surface area contributed by atoms with E-state index in [1.807, 2.05) is 56.4 Å². The minimum atomic E-state index is -0.207. The Morgan fingerprint density at radius 1 is 1.11 bits per heavy atom. The number of aliphatic imine (C=N–C) groups is 1. The highest BCUT2D eigenvalue weighted by atomic mass is 19.1. The van der Waals surface area contributed by atoms with Crippen LogP contribution >= 0.6 is 0 Å². The molecule has 1 aromatic heterocycles. The Morgan fingerprint density at radius 3 is 2.61 bits per heavy atom. The molecule has 142 valence electrons. The zero-order valence-electron chi connectivity index (χ0n) is 16.6. The lowest BCUT2D eigenvalue weighted by Gasteiger charge is -2.11. The number of rotatable bonds is 6. The van der Waals surface area contributed by atoms with Crippen LogP contribution in [0.15, 0.2) is 78.1 Å². The molecule has 3 aromatic rings. The van der Waals surface area contributed by atoms with Crippen LogP contribution in [0.1, 0.15) is 43.4 Å². The third kappa shape index (κ3) is 4.61. The lowest BCUT2D eigenvalue weighted by atomic mass is 9.97. The van der Waals surface area contributed by atoms with Gasteiger partial charge in [-0.1, -0.05) is 55.8 Å². The first-order chi connectivity index (χ1) is 13.6. The van der Waals surface area contributed by atoms with Gasteiger partial charge in [-0.05, 0) is 55.2 Å². The summed E-state index contributed by atoms with van der Waals surface area (Å²) in [6.45, 7) is 6.21. The van der Waals surface area contributed by atoms with E-state index in [0.29, 0.717) is 5.56 Å². The van der Waals surface area contributed by atoms with Crippen LogP contribution in [0.25, 0.3) is 16.8 Å². The van der Waals surface area contributed by atoms with E-state index in [0.717, 1.165) is 46.5 Å². The van der Waals surface area contributed by atoms with Crippen LogP contribution in [-0.2, 0) is 0 Å². The van der Waals surface area contributed by atoms with Crippen molar-refractivity contribution in [3.8, 4) is 11.1 Å². The smallest absolute Gasteiger partial charge is 0.131 e. The fourth-order valence-electron chi connectivity index (χ4n) is 3.20. The van der Waals surface area contributed by atoms with E-state index < -0.39 is 0 Å². The molecule has 0 aliphatic carbocycles. The molecule has 1 heterocycles. The second-order valence-corrected chi connectivity index (χ2v) is 6.83. The summed E-state index contributed by atoms with van der Waals surface area (Å²) in [5.41, 5.74) is 6.51. The molecule has 0 N–H and O–H groups in total. The van der Waals surface area contributed by atoms with Crippen LogP contribution in [-0.4, -0.2) is 10.7 Å². The number of allylic oxidation sites excluding steroid dienone is 1. The van der Waals surface area contributed by atoms with Gasteiger partial charge in [-0.3, -0.25) is 9.98 Å². The summed E-state index contributed by atoms with van der Waals surface area (Å²) < 4.78 is 14.1. The van der Waals surface area contributed by atoms with Crippen molar-refractivity contribution in [1.82, 2.24) is 4.98 Å². The average Bonchev–Trinajstić information content (AvgIpc) is 2.72. The molecule has 28 heavy (non-hydrogen) atoms. The van der Waals surface area contributed by atoms with Crippen LogP contribution in [0.5, 0.6) is 0 Å². The number of pyridine rings is 1. The second-order valence-electron chi connectivity index (χ2n) is 6.83. The van der Waals surface area contributed by atoms with Crippen molar-refractivity contribution in [2.45, 2.75) is 33.6 Å². The molecule has 0 saturated heterocycles. The third-order valence-electron chi connectivity index (χ3n) is 4.67. The molecule has 3 heteroatoms. The van der Waals surface area contributed by atoms with Gasteiger partial charge in [-0.25, -0.2) is 4.39 Å². The number of aromatic nitrogens is 1. The van der Waals surface area contributed by atoms with Crippen LogP contribution in [0, 0.1) is 12.7 Å². The van der Waals surface area contributed by atoms with Crippen LogP contribution < -0.4 is 0 Å². The van der Waals surface area contributed by atoms with Crippen molar-refractivity contribution in [1.29, 1.82) is 0 Å². The van der Waals surface area contributed by atoms with Crippen molar-refractivity contribution in [3.63, 3.8) is 0 Å². The summed E-state index contributed by atoms with van der Waals surface area (Å²) in [4.78, 5) is 9.12. The maximum absolute atomic E-state index is 14.1. The molecule has 2 nitrogen and oxygen atoms in total. The van der Waals surface area contributed by atoms with E-state index >= 15 is 0 Å². The van der Waals surface area contributed by atoms with E-state index in [9.17, 15) is 4.39 Å². The molecular weight excluding hydrogens is 347 g/mol. The summed E-state index contributed by atoms with van der Waals surface area (Å²) in [6, 6.07) is 16.8. The zero-order chi connectivity index (χ0) is 19.9. The minimum Gasteiger partial charge on any atom is -0.264 e. The highest BCUT2D eigenvalue weighted by Gasteiger charge is 2.09. The topological polar surface area (TPSA) is 25.2 Å². The van der Waals surface area contributed by atoms with Crippen LogP contribution in [0.3, 0.4) is 0 Å². The molecule has 0 amide bonds. The molecule has 0 bridgehead atoms. The number of aryl methyl sites for hydroxylation is 1. The maximum atomic E-state index is 14.1. The van der Waals surface area contributed by atoms with Crippen molar-refractivity contribution in [2.24, 2.45) is 4.99 Å². The molecule has 0 aliphatic rings. The van der Waals surface area contributed by atoms with Gasteiger partial charge in [0.25, 0.3) is 0 Å². The molecule has 0 spiro atoms. The Labute approximate surface area is 166 Å². The first-order valence-corrected chi connectivity index (χ1v) is 9.62. The van der Waals surface area contributed by atoms with Gasteiger partial charge in [0.15, 0.2) is 0 Å². The highest BCUT2D eigenvalue weighted by Crippen LogP contribution is 2.26. The van der Waals surface area contributed by atoms with Gasteiger partial charge in [-0.2, -0.15) is 0 Å². The molecule has 0 atom stereocenters. The zero-order valence-corrected chi connectivity index (χ0v) is 16.6. The summed E-state index contributed by atoms with van der Waals surface area (Å²) in [6.07, 6.45) is 7.79. The number of hydrogen-bond acceptors (Lipinski definition) is 2. The van der Waals surface area contributed by atoms with Crippen LogP contribution in [0.2, 0.25) is 0 Å². The monoisotopic (exact) mass is 372 g/mol. The summed E-state index contributed by atoms with van der Waals surface area (Å²) in [5.74, 6) is -0.207. The van der Waals surface area contributed by atoms with Gasteiger partial charge >= 0.3 is 0 Å². The largest absolute Gasteiger partial charge is 0.264 e. The van der Waals surface area contributed by atoms with E-state index in [2.05, 4.69) is 18.0 Å². The summed E-state index contributed by atoms with van der Waals surface area (Å²) in [5, 5.41) is 0. The van der Waals surface area contributed by atoms with Gasteiger partial charge in [0.2, 0.25) is 0 Å². The Balaban J connectivity index is 1.96. The fourth-order valence-corrected chi connectivity index (χ4v) is 3.20. The van der Waals surface area contributed by atoms with Gasteiger partial charge in [0.1, 0.15) is 5.82 Å². The molecule has 0 fully saturated rings. The number of halogens is 1. The Bertz CT molecular complexity index is 1000. The quantitative estimate of drug-likeness (QED) is 0.435. The first-order valence-electron chi connectivity index (χ1n) is 9.62. The highest BCUT2D eigenvalue weighted by molar-refractivity contribution is 6.03. The van der Waals surface area contributed by atoms with E-state index in [1.54, 1.807) is 18.3 Å². The standard InChI is InChI=1S/C25H25FN2/c1-4-5-12-25(21-9-8-15-27-17-21)28-19(3)22-14-13-20(16-18(22)2)23-10-6-7-11-24(23)26/h6-17H,4-5H2,1-3H3/b25-12+,28-19?. The van der Waals surface area contributed by atoms with Gasteiger partial charge < -0.3 is 0 Å². The number of nitrogens with zero attached hydrogens (tertiary/aromatic N) is 2. The SMILES string of the molecule is CCC/C=C(/N=C(C)c1ccc(-c2ccccc2F)cc1C)c1cccnc1. The molecule has 0 saturated carbocycles. The number of benzene rings is 2. The molecule has 0 radical (unpaired) electrons. The third-order valence-corrected chi connectivity index (χ3v) is 4.67. The van der Waals surface area contributed by atoms with E-state index in [1.165, 1.54) is 6.07 Å². The normalized spacial score (nSPS) is 12.3. The fraction of sp³-hybridized carbons (Fsp3) is 0.200. The first kappa shape index (κ1) is 19.7. The average molecular weight is 372 g/mol. The summed E-state index contributed by atoms with van der Waals surface area (Å²) >= 11 is 0. The van der Waals surface area contributed by atoms with Gasteiger partial charge in [-0.15, -0.1) is 0 Å². The number of unbranched alkanes of at least 4 members (excludes halogenated alkanes) is 1. The van der Waals surface area contributed by atoms with Crippen molar-refractivity contribution < 1.29 is 4.39 Å². The summed E-state index contributed by atoms with van der Waals surface area (Å²) in [7, 11) is 0. The minimum absolute atomic E-state index is 0.207. The molecular formula is C25H25FN2. The molecule has 0 aliphatic heterocycles. The Kier molecular flexibility index (Phi) is 6.49. The molecule has 3 rings (SSSR count).